The summed E-state index contributed by atoms with van der Waals surface area (Å²) in [6, 6.07) is 20.4. The zero-order chi connectivity index (χ0) is 18.6. The number of piperidine rings is 1. The summed E-state index contributed by atoms with van der Waals surface area (Å²) >= 11 is 6.69. The van der Waals surface area contributed by atoms with Crippen LogP contribution >= 0.6 is 11.6 Å². The number of para-hydroxylation sites is 1. The quantitative estimate of drug-likeness (QED) is 0.487. The first-order chi connectivity index (χ1) is 13.3. The second-order valence-electron chi connectivity index (χ2n) is 6.97. The molecule has 140 valence electrons. The van der Waals surface area contributed by atoms with Crippen LogP contribution in [0, 0.1) is 0 Å². The minimum Gasteiger partial charge on any atom is -0.496 e. The highest BCUT2D eigenvalue weighted by atomic mass is 35.5. The Morgan fingerprint density at radius 3 is 2.52 bits per heavy atom. The molecule has 1 unspecified atom stereocenters. The maximum absolute atomic E-state index is 6.69. The van der Waals surface area contributed by atoms with E-state index in [9.17, 15) is 0 Å². The minimum absolute atomic E-state index is 0.0574. The van der Waals surface area contributed by atoms with Crippen LogP contribution < -0.4 is 4.74 Å². The van der Waals surface area contributed by atoms with E-state index in [4.69, 9.17) is 16.3 Å². The number of hydrogen-bond acceptors (Lipinski definition) is 3. The molecule has 0 aliphatic carbocycles. The van der Waals surface area contributed by atoms with Crippen LogP contribution in [-0.4, -0.2) is 35.3 Å². The van der Waals surface area contributed by atoms with Gasteiger partial charge in [0.2, 0.25) is 0 Å². The lowest BCUT2D eigenvalue weighted by atomic mass is 9.93. The van der Waals surface area contributed by atoms with E-state index in [-0.39, 0.29) is 5.50 Å². The first-order valence-electron chi connectivity index (χ1n) is 9.38. The number of H-pyrrole nitrogens is 1. The standard InChI is InChI=1S/C22H24ClN3O/c1-27-21-10-6-5-9-18(21)20-15-19(24-25-20)16-11-13-26(14-12-16)22(23)17-7-3-2-4-8-17/h2-10,15-16,22H,11-14H2,1H3,(H,24,25). The SMILES string of the molecule is COc1ccccc1-c1cc(C2CCN(C(Cl)c3ccccc3)CC2)[nH]n1. The molecule has 5 heteroatoms. The fraction of sp³-hybridized carbons (Fsp3) is 0.318. The third-order valence-corrected chi connectivity index (χ3v) is 5.87. The molecule has 0 bridgehead atoms. The minimum atomic E-state index is -0.0574. The Hall–Kier alpha value is -2.30. The normalized spacial score (nSPS) is 17.0. The molecule has 2 aromatic carbocycles. The zero-order valence-electron chi connectivity index (χ0n) is 15.4. The van der Waals surface area contributed by atoms with Crippen molar-refractivity contribution in [2.45, 2.75) is 24.3 Å². The third kappa shape index (κ3) is 3.87. The summed E-state index contributed by atoms with van der Waals surface area (Å²) < 4.78 is 5.46. The highest BCUT2D eigenvalue weighted by Gasteiger charge is 2.26. The molecule has 0 radical (unpaired) electrons. The van der Waals surface area contributed by atoms with Gasteiger partial charge in [0.25, 0.3) is 0 Å². The van der Waals surface area contributed by atoms with Gasteiger partial charge < -0.3 is 4.74 Å². The van der Waals surface area contributed by atoms with Crippen LogP contribution in [0.3, 0.4) is 0 Å². The van der Waals surface area contributed by atoms with E-state index in [0.717, 1.165) is 48.5 Å². The molecule has 2 heterocycles. The summed E-state index contributed by atoms with van der Waals surface area (Å²) in [5.41, 5.74) is 4.26. The largest absolute Gasteiger partial charge is 0.496 e. The van der Waals surface area contributed by atoms with Crippen LogP contribution in [0.4, 0.5) is 0 Å². The summed E-state index contributed by atoms with van der Waals surface area (Å²) in [5, 5.41) is 7.77. The smallest absolute Gasteiger partial charge is 0.128 e. The average Bonchev–Trinajstić information content (AvgIpc) is 3.24. The third-order valence-electron chi connectivity index (χ3n) is 5.35. The number of alkyl halides is 1. The van der Waals surface area contributed by atoms with Crippen molar-refractivity contribution in [2.24, 2.45) is 0 Å². The molecule has 4 rings (SSSR count). The molecule has 1 aromatic heterocycles. The Bertz CT molecular complexity index is 872. The van der Waals surface area contributed by atoms with Crippen LogP contribution in [0.25, 0.3) is 11.3 Å². The molecule has 0 saturated carbocycles. The van der Waals surface area contributed by atoms with Crippen LogP contribution in [0.2, 0.25) is 0 Å². The van der Waals surface area contributed by atoms with Crippen molar-refractivity contribution < 1.29 is 4.74 Å². The van der Waals surface area contributed by atoms with Crippen molar-refractivity contribution in [3.63, 3.8) is 0 Å². The summed E-state index contributed by atoms with van der Waals surface area (Å²) in [5.74, 6) is 1.33. The first-order valence-corrected chi connectivity index (χ1v) is 9.81. The van der Waals surface area contributed by atoms with E-state index in [1.807, 2.05) is 42.5 Å². The van der Waals surface area contributed by atoms with E-state index in [1.54, 1.807) is 7.11 Å². The second-order valence-corrected chi connectivity index (χ2v) is 7.38. The lowest BCUT2D eigenvalue weighted by Gasteiger charge is -2.34. The van der Waals surface area contributed by atoms with Gasteiger partial charge in [0.1, 0.15) is 11.3 Å². The van der Waals surface area contributed by atoms with E-state index < -0.39 is 0 Å². The molecule has 1 saturated heterocycles. The molecule has 1 fully saturated rings. The van der Waals surface area contributed by atoms with Gasteiger partial charge in [-0.1, -0.05) is 42.5 Å². The number of halogens is 1. The number of ether oxygens (including phenoxy) is 1. The molecular formula is C22H24ClN3O. The molecule has 1 N–H and O–H groups in total. The van der Waals surface area contributed by atoms with Crippen molar-refractivity contribution >= 4 is 11.6 Å². The number of rotatable bonds is 5. The van der Waals surface area contributed by atoms with Gasteiger partial charge in [-0.2, -0.15) is 5.10 Å². The number of nitrogens with one attached hydrogen (secondary N) is 1. The van der Waals surface area contributed by atoms with Crippen molar-refractivity contribution in [3.05, 3.63) is 71.9 Å². The Labute approximate surface area is 165 Å². The van der Waals surface area contributed by atoms with Crippen LogP contribution in [0.1, 0.15) is 35.5 Å². The summed E-state index contributed by atoms with van der Waals surface area (Å²) in [7, 11) is 1.69. The van der Waals surface area contributed by atoms with Gasteiger partial charge in [0, 0.05) is 30.3 Å². The Balaban J connectivity index is 1.43. The number of aromatic nitrogens is 2. The highest BCUT2D eigenvalue weighted by molar-refractivity contribution is 6.20. The predicted octanol–water partition coefficient (Wildman–Crippen LogP) is 5.20. The molecule has 0 amide bonds. The van der Waals surface area contributed by atoms with E-state index in [2.05, 4.69) is 33.3 Å². The summed E-state index contributed by atoms with van der Waals surface area (Å²) in [4.78, 5) is 2.35. The van der Waals surface area contributed by atoms with Crippen LogP contribution in [-0.2, 0) is 0 Å². The molecule has 1 aliphatic rings. The van der Waals surface area contributed by atoms with Crippen LogP contribution in [0.15, 0.2) is 60.7 Å². The van der Waals surface area contributed by atoms with Crippen molar-refractivity contribution in [2.75, 3.05) is 20.2 Å². The number of likely N-dealkylation sites (tertiary alicyclic amines) is 1. The number of methoxy groups -OCH3 is 1. The van der Waals surface area contributed by atoms with Gasteiger partial charge in [-0.25, -0.2) is 0 Å². The Kier molecular flexibility index (Phi) is 5.46. The summed E-state index contributed by atoms with van der Waals surface area (Å²) in [6.07, 6.45) is 2.15. The maximum atomic E-state index is 6.69. The molecule has 0 spiro atoms. The van der Waals surface area contributed by atoms with E-state index >= 15 is 0 Å². The van der Waals surface area contributed by atoms with E-state index in [1.165, 1.54) is 5.69 Å². The van der Waals surface area contributed by atoms with Gasteiger partial charge in [0.05, 0.1) is 12.8 Å². The number of aromatic amines is 1. The second kappa shape index (κ2) is 8.15. The number of benzene rings is 2. The van der Waals surface area contributed by atoms with Gasteiger partial charge in [-0.3, -0.25) is 10.00 Å². The maximum Gasteiger partial charge on any atom is 0.128 e. The van der Waals surface area contributed by atoms with Gasteiger partial charge in [0.15, 0.2) is 0 Å². The van der Waals surface area contributed by atoms with E-state index in [0.29, 0.717) is 5.92 Å². The van der Waals surface area contributed by atoms with Gasteiger partial charge in [-0.05, 0) is 36.6 Å². The first kappa shape index (κ1) is 18.1. The average molecular weight is 382 g/mol. The zero-order valence-corrected chi connectivity index (χ0v) is 16.2. The molecular weight excluding hydrogens is 358 g/mol. The Morgan fingerprint density at radius 1 is 1.07 bits per heavy atom. The molecule has 3 aromatic rings. The topological polar surface area (TPSA) is 41.1 Å². The lowest BCUT2D eigenvalue weighted by Crippen LogP contribution is -2.34. The number of hydrogen-bond donors (Lipinski definition) is 1. The fourth-order valence-electron chi connectivity index (χ4n) is 3.80. The highest BCUT2D eigenvalue weighted by Crippen LogP contribution is 2.35. The molecule has 27 heavy (non-hydrogen) atoms. The van der Waals surface area contributed by atoms with Gasteiger partial charge in [-0.15, -0.1) is 11.6 Å². The van der Waals surface area contributed by atoms with Crippen LogP contribution in [0.5, 0.6) is 5.75 Å². The van der Waals surface area contributed by atoms with Crippen molar-refractivity contribution in [1.29, 1.82) is 0 Å². The molecule has 1 atom stereocenters. The van der Waals surface area contributed by atoms with Crippen molar-refractivity contribution in [3.8, 4) is 17.0 Å². The monoisotopic (exact) mass is 381 g/mol. The molecule has 4 nitrogen and oxygen atoms in total. The predicted molar refractivity (Wildman–Crippen MR) is 109 cm³/mol. The van der Waals surface area contributed by atoms with Crippen molar-refractivity contribution in [1.82, 2.24) is 15.1 Å². The number of nitrogens with zero attached hydrogens (tertiary/aromatic N) is 2. The summed E-state index contributed by atoms with van der Waals surface area (Å²) in [6.45, 7) is 1.97. The molecule has 1 aliphatic heterocycles. The lowest BCUT2D eigenvalue weighted by molar-refractivity contribution is 0.194. The fourth-order valence-corrected chi connectivity index (χ4v) is 4.14. The Morgan fingerprint density at radius 2 is 1.78 bits per heavy atom. The van der Waals surface area contributed by atoms with Gasteiger partial charge >= 0.3 is 0 Å².